The Morgan fingerprint density at radius 3 is 2.78 bits per heavy atom. The lowest BCUT2D eigenvalue weighted by molar-refractivity contribution is -0.139. The second-order valence-corrected chi connectivity index (χ2v) is 9.02. The molecule has 0 spiro atoms. The van der Waals surface area contributed by atoms with Crippen LogP contribution in [0.4, 0.5) is 18.0 Å². The van der Waals surface area contributed by atoms with Crippen LogP contribution in [0, 0.1) is 0 Å². The maximum Gasteiger partial charge on any atom is 0.391 e. The summed E-state index contributed by atoms with van der Waals surface area (Å²) in [5.74, 6) is 0.826. The van der Waals surface area contributed by atoms with Crippen LogP contribution in [0.2, 0.25) is 0 Å². The Morgan fingerprint density at radius 2 is 2.05 bits per heavy atom. The SMILES string of the molecule is CCN1C(=O)N[C@@H](CC(F)(F)F)CCCCCOc2nc(cn3ccnc23)-c2cc(ncc2OC)[C@H]1C. The van der Waals surface area contributed by atoms with Crippen LogP contribution in [0.15, 0.2) is 30.9 Å². The van der Waals surface area contributed by atoms with Gasteiger partial charge in [-0.1, -0.05) is 6.42 Å². The third-order valence-corrected chi connectivity index (χ3v) is 6.47. The zero-order valence-electron chi connectivity index (χ0n) is 21.1. The highest BCUT2D eigenvalue weighted by molar-refractivity contribution is 5.75. The number of alkyl halides is 3. The number of hydrogen-bond donors (Lipinski definition) is 1. The van der Waals surface area contributed by atoms with Crippen molar-refractivity contribution >= 4 is 11.7 Å². The predicted molar refractivity (Wildman–Crippen MR) is 131 cm³/mol. The molecule has 3 aromatic heterocycles. The van der Waals surface area contributed by atoms with Crippen LogP contribution in [0.3, 0.4) is 0 Å². The maximum atomic E-state index is 13.2. The molecule has 1 aliphatic heterocycles. The molecule has 0 saturated heterocycles. The zero-order chi connectivity index (χ0) is 26.6. The van der Waals surface area contributed by atoms with Crippen molar-refractivity contribution in [2.24, 2.45) is 0 Å². The molecule has 0 aliphatic carbocycles. The van der Waals surface area contributed by atoms with Crippen LogP contribution >= 0.6 is 0 Å². The number of rotatable bonds is 3. The smallest absolute Gasteiger partial charge is 0.391 e. The molecular formula is C25H31F3N6O3. The summed E-state index contributed by atoms with van der Waals surface area (Å²) < 4.78 is 53.0. The summed E-state index contributed by atoms with van der Waals surface area (Å²) in [4.78, 5) is 28.1. The highest BCUT2D eigenvalue weighted by Gasteiger charge is 2.34. The van der Waals surface area contributed by atoms with E-state index in [0.717, 1.165) is 0 Å². The molecule has 0 unspecified atom stereocenters. The average Bonchev–Trinajstić information content (AvgIpc) is 3.33. The van der Waals surface area contributed by atoms with Crippen molar-refractivity contribution in [2.75, 3.05) is 20.3 Å². The Labute approximate surface area is 213 Å². The van der Waals surface area contributed by atoms with Gasteiger partial charge in [-0.25, -0.2) is 14.8 Å². The number of aromatic nitrogens is 4. The van der Waals surface area contributed by atoms with Gasteiger partial charge < -0.3 is 24.1 Å². The minimum atomic E-state index is -4.39. The van der Waals surface area contributed by atoms with Crippen molar-refractivity contribution in [3.63, 3.8) is 0 Å². The second-order valence-electron chi connectivity index (χ2n) is 9.02. The van der Waals surface area contributed by atoms with E-state index in [1.165, 1.54) is 12.0 Å². The predicted octanol–water partition coefficient (Wildman–Crippen LogP) is 5.17. The summed E-state index contributed by atoms with van der Waals surface area (Å²) in [6.07, 6.45) is 3.30. The number of imidazole rings is 1. The number of carbonyl (C=O) groups is 1. The van der Waals surface area contributed by atoms with Gasteiger partial charge in [0.15, 0.2) is 0 Å². The molecule has 1 N–H and O–H groups in total. The molecule has 4 bridgehead atoms. The Morgan fingerprint density at radius 1 is 1.24 bits per heavy atom. The highest BCUT2D eigenvalue weighted by Crippen LogP contribution is 2.33. The van der Waals surface area contributed by atoms with Crippen LogP contribution in [-0.4, -0.2) is 62.8 Å². The van der Waals surface area contributed by atoms with Gasteiger partial charge in [-0.15, -0.1) is 0 Å². The zero-order valence-corrected chi connectivity index (χ0v) is 21.1. The molecule has 0 saturated carbocycles. The van der Waals surface area contributed by atoms with Crippen molar-refractivity contribution in [1.82, 2.24) is 29.6 Å². The lowest BCUT2D eigenvalue weighted by Crippen LogP contribution is -2.47. The summed E-state index contributed by atoms with van der Waals surface area (Å²) in [5, 5.41) is 2.61. The van der Waals surface area contributed by atoms with Gasteiger partial charge in [-0.2, -0.15) is 13.2 Å². The standard InChI is InChI=1S/C25H31F3N6O3/c1-4-34-16(2)19-12-18(21(36-3)14-30-19)20-15-33-10-9-29-22(33)23(32-20)37-11-7-5-6-8-17(31-24(34)35)13-25(26,27)28/h9-10,12,14-17H,4-8,11,13H2,1-3H3,(H,31,35)/t16-,17-/m1/s1. The van der Waals surface area contributed by atoms with Gasteiger partial charge in [0.25, 0.3) is 5.88 Å². The average molecular weight is 521 g/mol. The first-order valence-electron chi connectivity index (χ1n) is 12.3. The molecule has 37 heavy (non-hydrogen) atoms. The molecule has 2 atom stereocenters. The number of ether oxygens (including phenoxy) is 2. The fraction of sp³-hybridized carbons (Fsp3) is 0.520. The van der Waals surface area contributed by atoms with E-state index < -0.39 is 30.7 Å². The molecule has 200 valence electrons. The molecule has 1 aliphatic rings. The van der Waals surface area contributed by atoms with Gasteiger partial charge in [0.05, 0.1) is 43.8 Å². The molecule has 9 nitrogen and oxygen atoms in total. The van der Waals surface area contributed by atoms with E-state index in [1.54, 1.807) is 38.5 Å². The van der Waals surface area contributed by atoms with Gasteiger partial charge in [0.1, 0.15) is 5.75 Å². The topological polar surface area (TPSA) is 93.9 Å². The molecule has 2 amide bonds. The minimum Gasteiger partial charge on any atom is -0.494 e. The van der Waals surface area contributed by atoms with Crippen LogP contribution in [0.5, 0.6) is 11.6 Å². The first-order chi connectivity index (χ1) is 17.7. The molecule has 0 fully saturated rings. The van der Waals surface area contributed by atoms with Crippen LogP contribution < -0.4 is 14.8 Å². The van der Waals surface area contributed by atoms with Gasteiger partial charge in [-0.3, -0.25) is 4.98 Å². The van der Waals surface area contributed by atoms with E-state index in [-0.39, 0.29) is 13.0 Å². The number of nitrogens with one attached hydrogen (secondary N) is 1. The number of halogens is 3. The second kappa shape index (κ2) is 11.2. The number of methoxy groups -OCH3 is 1. The normalized spacial score (nSPS) is 19.7. The number of hydrogen-bond acceptors (Lipinski definition) is 6. The molecule has 3 aromatic rings. The third kappa shape index (κ3) is 6.23. The Hall–Kier alpha value is -3.57. The summed E-state index contributed by atoms with van der Waals surface area (Å²) in [6.45, 7) is 4.18. The number of carbonyl (C=O) groups excluding carboxylic acids is 1. The fourth-order valence-corrected chi connectivity index (χ4v) is 4.53. The van der Waals surface area contributed by atoms with Gasteiger partial charge in [0.2, 0.25) is 5.65 Å². The Balaban J connectivity index is 1.76. The van der Waals surface area contributed by atoms with Crippen molar-refractivity contribution in [3.8, 4) is 22.9 Å². The Bertz CT molecular complexity index is 1230. The van der Waals surface area contributed by atoms with Crippen LogP contribution in [0.1, 0.15) is 57.7 Å². The van der Waals surface area contributed by atoms with Gasteiger partial charge in [-0.05, 0) is 39.2 Å². The van der Waals surface area contributed by atoms with Gasteiger partial charge >= 0.3 is 12.2 Å². The molecule has 12 heteroatoms. The minimum absolute atomic E-state index is 0.209. The number of urea groups is 1. The summed E-state index contributed by atoms with van der Waals surface area (Å²) in [7, 11) is 1.53. The number of amides is 2. The van der Waals surface area contributed by atoms with Crippen molar-refractivity contribution in [3.05, 3.63) is 36.5 Å². The lowest BCUT2D eigenvalue weighted by atomic mass is 10.0. The van der Waals surface area contributed by atoms with E-state index in [4.69, 9.17) is 14.5 Å². The van der Waals surface area contributed by atoms with Crippen molar-refractivity contribution in [1.29, 1.82) is 0 Å². The molecule has 4 heterocycles. The lowest BCUT2D eigenvalue weighted by Gasteiger charge is -2.31. The monoisotopic (exact) mass is 520 g/mol. The number of pyridine rings is 1. The van der Waals surface area contributed by atoms with E-state index in [9.17, 15) is 18.0 Å². The van der Waals surface area contributed by atoms with E-state index in [1.807, 2.05) is 10.6 Å². The van der Waals surface area contributed by atoms with Crippen molar-refractivity contribution in [2.45, 2.75) is 64.2 Å². The molecule has 0 radical (unpaired) electrons. The van der Waals surface area contributed by atoms with E-state index in [0.29, 0.717) is 60.1 Å². The van der Waals surface area contributed by atoms with E-state index >= 15 is 0 Å². The van der Waals surface area contributed by atoms with Crippen molar-refractivity contribution < 1.29 is 27.4 Å². The van der Waals surface area contributed by atoms with Crippen LogP contribution in [-0.2, 0) is 0 Å². The number of nitrogens with zero attached hydrogens (tertiary/aromatic N) is 5. The van der Waals surface area contributed by atoms with E-state index in [2.05, 4.69) is 15.3 Å². The largest absolute Gasteiger partial charge is 0.494 e. The Kier molecular flexibility index (Phi) is 8.03. The summed E-state index contributed by atoms with van der Waals surface area (Å²) >= 11 is 0. The first-order valence-corrected chi connectivity index (χ1v) is 12.3. The highest BCUT2D eigenvalue weighted by atomic mass is 19.4. The first kappa shape index (κ1) is 26.5. The molecular weight excluding hydrogens is 489 g/mol. The number of fused-ring (bicyclic) bond motifs is 7. The summed E-state index contributed by atoms with van der Waals surface area (Å²) in [6, 6.07) is -0.327. The maximum absolute atomic E-state index is 13.2. The molecule has 4 rings (SSSR count). The summed E-state index contributed by atoms with van der Waals surface area (Å²) in [5.41, 5.74) is 2.30. The fourth-order valence-electron chi connectivity index (χ4n) is 4.53. The quantitative estimate of drug-likeness (QED) is 0.512. The third-order valence-electron chi connectivity index (χ3n) is 6.47. The van der Waals surface area contributed by atoms with Gasteiger partial charge in [0, 0.05) is 36.7 Å². The molecule has 0 aromatic carbocycles. The van der Waals surface area contributed by atoms with Crippen LogP contribution in [0.25, 0.3) is 16.9 Å².